The number of nitrogens with one attached hydrogen (secondary N) is 1. The second kappa shape index (κ2) is 10.4. The molecule has 1 amide bonds. The maximum absolute atomic E-state index is 11.6. The minimum Gasteiger partial charge on any atom is -0.489 e. The number of carbonyl (C=O) groups excluding carboxylic acids is 1. The van der Waals surface area contributed by atoms with E-state index in [1.165, 1.54) is 0 Å². The van der Waals surface area contributed by atoms with Gasteiger partial charge in [-0.05, 0) is 55.3 Å². The highest BCUT2D eigenvalue weighted by Crippen LogP contribution is 2.26. The van der Waals surface area contributed by atoms with E-state index in [9.17, 15) is 4.79 Å². The van der Waals surface area contributed by atoms with Gasteiger partial charge in [0.25, 0.3) is 0 Å². The largest absolute Gasteiger partial charge is 0.489 e. The predicted octanol–water partition coefficient (Wildman–Crippen LogP) is 5.33. The van der Waals surface area contributed by atoms with Crippen LogP contribution in [-0.4, -0.2) is 30.4 Å². The summed E-state index contributed by atoms with van der Waals surface area (Å²) in [5.74, 6) is 1.05. The van der Waals surface area contributed by atoms with Gasteiger partial charge < -0.3 is 15.0 Å². The molecule has 0 radical (unpaired) electrons. The zero-order valence-corrected chi connectivity index (χ0v) is 17.8. The van der Waals surface area contributed by atoms with Crippen LogP contribution in [0.1, 0.15) is 30.4 Å². The van der Waals surface area contributed by atoms with Crippen LogP contribution in [0.3, 0.4) is 0 Å². The van der Waals surface area contributed by atoms with Gasteiger partial charge in [-0.1, -0.05) is 40.9 Å². The number of rotatable bonds is 9. The highest BCUT2D eigenvalue weighted by Gasteiger charge is 2.18. The molecule has 0 unspecified atom stereocenters. The molecule has 0 bridgehead atoms. The molecule has 150 valence electrons. The lowest BCUT2D eigenvalue weighted by Crippen LogP contribution is -2.28. The van der Waals surface area contributed by atoms with E-state index in [2.05, 4.69) is 5.32 Å². The second-order valence-electron chi connectivity index (χ2n) is 6.80. The monoisotopic (exact) mass is 440 g/mol. The van der Waals surface area contributed by atoms with E-state index in [-0.39, 0.29) is 5.91 Å². The van der Waals surface area contributed by atoms with Crippen LogP contribution in [0.25, 0.3) is 0 Å². The standard InChI is InChI=1S/C21H23Cl3N2O2/c22-17-5-7-20(28-14-15-4-6-18(23)19(24)11-15)16(12-17)13-25-8-2-10-26-9-1-3-21(26)27/h4-7,11-12,25H,1-3,8-10,13-14H2. The van der Waals surface area contributed by atoms with Gasteiger partial charge in [-0.3, -0.25) is 4.79 Å². The van der Waals surface area contributed by atoms with Crippen LogP contribution < -0.4 is 10.1 Å². The Morgan fingerprint density at radius 1 is 1.07 bits per heavy atom. The van der Waals surface area contributed by atoms with Crippen molar-refractivity contribution in [2.45, 2.75) is 32.4 Å². The summed E-state index contributed by atoms with van der Waals surface area (Å²) >= 11 is 18.2. The Morgan fingerprint density at radius 2 is 1.93 bits per heavy atom. The Bertz CT molecular complexity index is 829. The van der Waals surface area contributed by atoms with Crippen molar-refractivity contribution in [1.82, 2.24) is 10.2 Å². The molecular weight excluding hydrogens is 419 g/mol. The Morgan fingerprint density at radius 3 is 2.68 bits per heavy atom. The number of ether oxygens (including phenoxy) is 1. The molecule has 0 aromatic heterocycles. The summed E-state index contributed by atoms with van der Waals surface area (Å²) in [6, 6.07) is 11.0. The first-order valence-electron chi connectivity index (χ1n) is 9.36. The van der Waals surface area contributed by atoms with Gasteiger partial charge in [-0.2, -0.15) is 0 Å². The number of hydrogen-bond acceptors (Lipinski definition) is 3. The highest BCUT2D eigenvalue weighted by atomic mass is 35.5. The average molecular weight is 442 g/mol. The molecule has 1 heterocycles. The van der Waals surface area contributed by atoms with Crippen LogP contribution in [0, 0.1) is 0 Å². The lowest BCUT2D eigenvalue weighted by Gasteiger charge is -2.16. The normalized spacial score (nSPS) is 14.0. The molecule has 7 heteroatoms. The van der Waals surface area contributed by atoms with Crippen LogP contribution >= 0.6 is 34.8 Å². The molecular formula is C21H23Cl3N2O2. The SMILES string of the molecule is O=C1CCCN1CCCNCc1cc(Cl)ccc1OCc1ccc(Cl)c(Cl)c1. The Kier molecular flexibility index (Phi) is 7.86. The fourth-order valence-electron chi connectivity index (χ4n) is 3.18. The molecule has 0 atom stereocenters. The summed E-state index contributed by atoms with van der Waals surface area (Å²) in [5, 5.41) is 5.11. The smallest absolute Gasteiger partial charge is 0.222 e. The molecule has 0 aliphatic carbocycles. The maximum Gasteiger partial charge on any atom is 0.222 e. The van der Waals surface area contributed by atoms with Gasteiger partial charge in [0, 0.05) is 36.6 Å². The maximum atomic E-state index is 11.6. The Balaban J connectivity index is 1.50. The number of likely N-dealkylation sites (tertiary alicyclic amines) is 1. The van der Waals surface area contributed by atoms with E-state index in [4.69, 9.17) is 39.5 Å². The molecule has 2 aromatic carbocycles. The van der Waals surface area contributed by atoms with Gasteiger partial charge in [0.2, 0.25) is 5.91 Å². The molecule has 3 rings (SSSR count). The van der Waals surface area contributed by atoms with E-state index >= 15 is 0 Å². The van der Waals surface area contributed by atoms with Crippen molar-refractivity contribution in [3.05, 3.63) is 62.6 Å². The topological polar surface area (TPSA) is 41.6 Å². The van der Waals surface area contributed by atoms with E-state index in [1.54, 1.807) is 12.1 Å². The van der Waals surface area contributed by atoms with E-state index in [0.29, 0.717) is 34.6 Å². The van der Waals surface area contributed by atoms with Crippen molar-refractivity contribution in [2.75, 3.05) is 19.6 Å². The minimum absolute atomic E-state index is 0.271. The minimum atomic E-state index is 0.271. The van der Waals surface area contributed by atoms with Gasteiger partial charge in [0.15, 0.2) is 0 Å². The van der Waals surface area contributed by atoms with Crippen molar-refractivity contribution in [3.63, 3.8) is 0 Å². The van der Waals surface area contributed by atoms with Crippen molar-refractivity contribution < 1.29 is 9.53 Å². The number of carbonyl (C=O) groups is 1. The lowest BCUT2D eigenvalue weighted by atomic mass is 10.2. The second-order valence-corrected chi connectivity index (χ2v) is 8.05. The van der Waals surface area contributed by atoms with E-state index in [1.807, 2.05) is 29.2 Å². The molecule has 1 aliphatic rings. The molecule has 1 N–H and O–H groups in total. The van der Waals surface area contributed by atoms with Crippen LogP contribution in [0.4, 0.5) is 0 Å². The highest BCUT2D eigenvalue weighted by molar-refractivity contribution is 6.42. The Hall–Kier alpha value is -1.46. The number of nitrogens with zero attached hydrogens (tertiary/aromatic N) is 1. The fourth-order valence-corrected chi connectivity index (χ4v) is 3.69. The number of halogens is 3. The zero-order valence-electron chi connectivity index (χ0n) is 15.5. The van der Waals surface area contributed by atoms with Gasteiger partial charge in [-0.25, -0.2) is 0 Å². The summed E-state index contributed by atoms with van der Waals surface area (Å²) in [6.45, 7) is 3.55. The summed E-state index contributed by atoms with van der Waals surface area (Å²) in [5.41, 5.74) is 1.93. The molecule has 1 aliphatic heterocycles. The van der Waals surface area contributed by atoms with Crippen LogP contribution in [0.5, 0.6) is 5.75 Å². The fraction of sp³-hybridized carbons (Fsp3) is 0.381. The third-order valence-corrected chi connectivity index (χ3v) is 5.64. The molecule has 1 fully saturated rings. The van der Waals surface area contributed by atoms with Gasteiger partial charge in [0.1, 0.15) is 12.4 Å². The third kappa shape index (κ3) is 6.02. The first-order valence-corrected chi connectivity index (χ1v) is 10.5. The molecule has 1 saturated heterocycles. The van der Waals surface area contributed by atoms with E-state index in [0.717, 1.165) is 49.4 Å². The third-order valence-electron chi connectivity index (χ3n) is 4.67. The van der Waals surface area contributed by atoms with Crippen LogP contribution in [-0.2, 0) is 17.9 Å². The number of amides is 1. The van der Waals surface area contributed by atoms with Crippen molar-refractivity contribution in [1.29, 1.82) is 0 Å². The summed E-state index contributed by atoms with van der Waals surface area (Å²) in [7, 11) is 0. The molecule has 4 nitrogen and oxygen atoms in total. The summed E-state index contributed by atoms with van der Waals surface area (Å²) < 4.78 is 5.97. The summed E-state index contributed by atoms with van der Waals surface area (Å²) in [4.78, 5) is 13.6. The van der Waals surface area contributed by atoms with Crippen molar-refractivity contribution in [2.24, 2.45) is 0 Å². The number of benzene rings is 2. The predicted molar refractivity (Wildman–Crippen MR) is 114 cm³/mol. The van der Waals surface area contributed by atoms with Crippen LogP contribution in [0.15, 0.2) is 36.4 Å². The van der Waals surface area contributed by atoms with Crippen molar-refractivity contribution >= 4 is 40.7 Å². The zero-order chi connectivity index (χ0) is 19.9. The van der Waals surface area contributed by atoms with Gasteiger partial charge in [-0.15, -0.1) is 0 Å². The van der Waals surface area contributed by atoms with Crippen LogP contribution in [0.2, 0.25) is 15.1 Å². The van der Waals surface area contributed by atoms with Gasteiger partial charge >= 0.3 is 0 Å². The van der Waals surface area contributed by atoms with Crippen molar-refractivity contribution in [3.8, 4) is 5.75 Å². The average Bonchev–Trinajstić information content (AvgIpc) is 3.08. The van der Waals surface area contributed by atoms with E-state index < -0.39 is 0 Å². The lowest BCUT2D eigenvalue weighted by molar-refractivity contribution is -0.127. The quantitative estimate of drug-likeness (QED) is 0.535. The molecule has 0 saturated carbocycles. The number of hydrogen-bond donors (Lipinski definition) is 1. The molecule has 28 heavy (non-hydrogen) atoms. The summed E-state index contributed by atoms with van der Waals surface area (Å²) in [6.07, 6.45) is 2.59. The molecule has 0 spiro atoms. The first-order chi connectivity index (χ1) is 13.5. The van der Waals surface area contributed by atoms with Gasteiger partial charge in [0.05, 0.1) is 10.0 Å². The Labute approximate surface area is 180 Å². The first kappa shape index (κ1) is 21.3. The molecule has 2 aromatic rings.